The number of hydrogen-bond donors (Lipinski definition) is 2. The number of nitrogens with zero attached hydrogens (tertiary/aromatic N) is 1. The fraction of sp³-hybridized carbons (Fsp3) is 0.333. The Morgan fingerprint density at radius 2 is 2.36 bits per heavy atom. The number of amidine groups is 1. The molecule has 2 rings (SSSR count). The molecule has 6 nitrogen and oxygen atoms in total. The number of halogens is 1. The summed E-state index contributed by atoms with van der Waals surface area (Å²) in [6, 6.07) is 1.77. The number of carbonyl (C=O) groups excluding carboxylic acids is 1. The Hall–Kier alpha value is -2.21. The van der Waals surface area contributed by atoms with Crippen molar-refractivity contribution in [1.29, 1.82) is 0 Å². The zero-order chi connectivity index (χ0) is 16.1. The van der Waals surface area contributed by atoms with E-state index in [9.17, 15) is 4.79 Å². The monoisotopic (exact) mass is 323 g/mol. The maximum absolute atomic E-state index is 11.9. The van der Waals surface area contributed by atoms with Gasteiger partial charge in [-0.3, -0.25) is 4.99 Å². The molecule has 1 fully saturated rings. The van der Waals surface area contributed by atoms with Gasteiger partial charge < -0.3 is 20.2 Å². The number of nitrogens with two attached hydrogens (primary N) is 1. The number of aliphatic imine (C=N–C) groups is 1. The standard InChI is InChI=1S/C15H18ClN3O3/c1-9(11-3-4-11)19-13(15(20)21-2)12(16)14(17)18-7-10-5-6-22-8-10/h5-6,8,11,19H,1,3-4,7H2,2H3,(H2,17,18). The maximum atomic E-state index is 11.9. The van der Waals surface area contributed by atoms with Gasteiger partial charge in [-0.2, -0.15) is 0 Å². The topological polar surface area (TPSA) is 89.8 Å². The Morgan fingerprint density at radius 1 is 1.64 bits per heavy atom. The average molecular weight is 324 g/mol. The van der Waals surface area contributed by atoms with Crippen molar-refractivity contribution in [3.05, 3.63) is 47.2 Å². The maximum Gasteiger partial charge on any atom is 0.356 e. The van der Waals surface area contributed by atoms with E-state index in [-0.39, 0.29) is 16.6 Å². The van der Waals surface area contributed by atoms with Crippen molar-refractivity contribution in [3.8, 4) is 0 Å². The van der Waals surface area contributed by atoms with Crippen LogP contribution in [0.5, 0.6) is 0 Å². The van der Waals surface area contributed by atoms with E-state index in [0.717, 1.165) is 24.1 Å². The van der Waals surface area contributed by atoms with Crippen molar-refractivity contribution < 1.29 is 13.9 Å². The Bertz CT molecular complexity index is 616. The van der Waals surface area contributed by atoms with Crippen LogP contribution < -0.4 is 11.1 Å². The van der Waals surface area contributed by atoms with Crippen molar-refractivity contribution in [2.24, 2.45) is 16.6 Å². The first kappa shape index (κ1) is 16.2. The minimum atomic E-state index is -0.617. The summed E-state index contributed by atoms with van der Waals surface area (Å²) in [6.07, 6.45) is 5.19. The van der Waals surface area contributed by atoms with E-state index in [0.29, 0.717) is 12.5 Å². The second-order valence-corrected chi connectivity index (χ2v) is 5.32. The Balaban J connectivity index is 2.16. The highest BCUT2D eigenvalue weighted by Crippen LogP contribution is 2.34. The summed E-state index contributed by atoms with van der Waals surface area (Å²) in [5.74, 6) is -0.221. The molecule has 1 aromatic heterocycles. The van der Waals surface area contributed by atoms with Gasteiger partial charge in [0.1, 0.15) is 16.6 Å². The number of hydrogen-bond acceptors (Lipinski definition) is 5. The third kappa shape index (κ3) is 4.14. The van der Waals surface area contributed by atoms with Crippen LogP contribution in [0.15, 0.2) is 51.0 Å². The number of nitrogens with one attached hydrogen (secondary N) is 1. The van der Waals surface area contributed by atoms with Gasteiger partial charge in [0.15, 0.2) is 0 Å². The molecule has 1 aliphatic rings. The minimum absolute atomic E-state index is 0.0112. The molecule has 0 unspecified atom stereocenters. The number of allylic oxidation sites excluding steroid dienone is 1. The van der Waals surface area contributed by atoms with E-state index in [1.807, 2.05) is 0 Å². The number of furan rings is 1. The lowest BCUT2D eigenvalue weighted by molar-refractivity contribution is -0.136. The molecule has 0 aliphatic heterocycles. The van der Waals surface area contributed by atoms with E-state index in [1.54, 1.807) is 18.6 Å². The smallest absolute Gasteiger partial charge is 0.356 e. The number of esters is 1. The summed E-state index contributed by atoms with van der Waals surface area (Å²) < 4.78 is 9.67. The average Bonchev–Trinajstić information content (AvgIpc) is 3.25. The van der Waals surface area contributed by atoms with Crippen molar-refractivity contribution in [2.75, 3.05) is 7.11 Å². The largest absolute Gasteiger partial charge is 0.472 e. The second kappa shape index (κ2) is 7.17. The summed E-state index contributed by atoms with van der Waals surface area (Å²) in [5, 5.41) is 2.91. The van der Waals surface area contributed by atoms with Gasteiger partial charge in [0.05, 0.1) is 26.2 Å². The molecular weight excluding hydrogens is 306 g/mol. The quantitative estimate of drug-likeness (QED) is 0.348. The minimum Gasteiger partial charge on any atom is -0.472 e. The predicted molar refractivity (Wildman–Crippen MR) is 83.9 cm³/mol. The predicted octanol–water partition coefficient (Wildman–Crippen LogP) is 2.27. The van der Waals surface area contributed by atoms with E-state index >= 15 is 0 Å². The first-order chi connectivity index (χ1) is 10.5. The molecule has 0 bridgehead atoms. The van der Waals surface area contributed by atoms with Gasteiger partial charge in [-0.15, -0.1) is 0 Å². The van der Waals surface area contributed by atoms with Crippen LogP contribution in [-0.2, 0) is 16.1 Å². The molecular formula is C15H18ClN3O3. The molecule has 1 heterocycles. The number of carbonyl (C=O) groups is 1. The molecule has 3 N–H and O–H groups in total. The molecule has 1 saturated carbocycles. The fourth-order valence-electron chi connectivity index (χ4n) is 1.75. The normalized spacial score (nSPS) is 16.0. The molecule has 0 atom stereocenters. The van der Waals surface area contributed by atoms with E-state index in [4.69, 9.17) is 26.5 Å². The van der Waals surface area contributed by atoms with Crippen molar-refractivity contribution >= 4 is 23.4 Å². The van der Waals surface area contributed by atoms with Crippen LogP contribution in [0.25, 0.3) is 0 Å². The highest BCUT2D eigenvalue weighted by atomic mass is 35.5. The molecule has 1 aliphatic carbocycles. The van der Waals surface area contributed by atoms with Crippen LogP contribution in [-0.4, -0.2) is 18.9 Å². The molecule has 0 spiro atoms. The van der Waals surface area contributed by atoms with Crippen LogP contribution in [0, 0.1) is 5.92 Å². The SMILES string of the molecule is C=C(NC(C(=O)OC)=C(Cl)C(N)=NCc1ccoc1)C1CC1. The summed E-state index contributed by atoms with van der Waals surface area (Å²) in [4.78, 5) is 16.0. The fourth-order valence-corrected chi connectivity index (χ4v) is 1.93. The Labute approximate surface area is 133 Å². The molecule has 1 aromatic rings. The Kier molecular flexibility index (Phi) is 5.27. The third-order valence-corrected chi connectivity index (χ3v) is 3.58. The van der Waals surface area contributed by atoms with E-state index in [2.05, 4.69) is 16.9 Å². The zero-order valence-electron chi connectivity index (χ0n) is 12.3. The van der Waals surface area contributed by atoms with Gasteiger partial charge in [0.2, 0.25) is 0 Å². The highest BCUT2D eigenvalue weighted by molar-refractivity contribution is 6.44. The van der Waals surface area contributed by atoms with Crippen LogP contribution in [0.3, 0.4) is 0 Å². The molecule has 0 aromatic carbocycles. The van der Waals surface area contributed by atoms with Gasteiger partial charge in [0, 0.05) is 11.3 Å². The molecule has 7 heteroatoms. The Morgan fingerprint density at radius 3 is 2.91 bits per heavy atom. The first-order valence-corrected chi connectivity index (χ1v) is 7.16. The van der Waals surface area contributed by atoms with Gasteiger partial charge in [-0.25, -0.2) is 4.79 Å². The van der Waals surface area contributed by atoms with Crippen molar-refractivity contribution in [2.45, 2.75) is 19.4 Å². The van der Waals surface area contributed by atoms with E-state index in [1.165, 1.54) is 7.11 Å². The molecule has 0 amide bonds. The number of ether oxygens (including phenoxy) is 1. The van der Waals surface area contributed by atoms with E-state index < -0.39 is 5.97 Å². The lowest BCUT2D eigenvalue weighted by Crippen LogP contribution is -2.27. The van der Waals surface area contributed by atoms with Crippen LogP contribution in [0.1, 0.15) is 18.4 Å². The second-order valence-electron chi connectivity index (χ2n) is 4.94. The molecule has 0 radical (unpaired) electrons. The summed E-state index contributed by atoms with van der Waals surface area (Å²) >= 11 is 6.18. The molecule has 118 valence electrons. The lowest BCUT2D eigenvalue weighted by atomic mass is 10.3. The lowest BCUT2D eigenvalue weighted by Gasteiger charge is -2.13. The van der Waals surface area contributed by atoms with Gasteiger partial charge >= 0.3 is 5.97 Å². The molecule has 0 saturated heterocycles. The zero-order valence-corrected chi connectivity index (χ0v) is 13.0. The highest BCUT2D eigenvalue weighted by Gasteiger charge is 2.27. The number of methoxy groups -OCH3 is 1. The van der Waals surface area contributed by atoms with Crippen LogP contribution >= 0.6 is 11.6 Å². The van der Waals surface area contributed by atoms with Gasteiger partial charge in [-0.05, 0) is 24.8 Å². The van der Waals surface area contributed by atoms with Crippen molar-refractivity contribution in [1.82, 2.24) is 5.32 Å². The van der Waals surface area contributed by atoms with Gasteiger partial charge in [0.25, 0.3) is 0 Å². The third-order valence-electron chi connectivity index (χ3n) is 3.20. The first-order valence-electron chi connectivity index (χ1n) is 6.78. The summed E-state index contributed by atoms with van der Waals surface area (Å²) in [6.45, 7) is 4.20. The summed E-state index contributed by atoms with van der Waals surface area (Å²) in [5.41, 5.74) is 7.47. The molecule has 22 heavy (non-hydrogen) atoms. The van der Waals surface area contributed by atoms with Crippen LogP contribution in [0.2, 0.25) is 0 Å². The van der Waals surface area contributed by atoms with Gasteiger partial charge in [-0.1, -0.05) is 18.2 Å². The summed E-state index contributed by atoms with van der Waals surface area (Å²) in [7, 11) is 1.27. The van der Waals surface area contributed by atoms with Crippen molar-refractivity contribution in [3.63, 3.8) is 0 Å². The number of rotatable bonds is 7. The van der Waals surface area contributed by atoms with Crippen LogP contribution in [0.4, 0.5) is 0 Å².